The lowest BCUT2D eigenvalue weighted by Crippen LogP contribution is -2.31. The predicted molar refractivity (Wildman–Crippen MR) is 37.3 cm³/mol. The minimum atomic E-state index is 0.306. The Morgan fingerprint density at radius 2 is 2.44 bits per heavy atom. The summed E-state index contributed by atoms with van der Waals surface area (Å²) in [6, 6.07) is 0.681. The molecule has 1 aliphatic heterocycles. The highest BCUT2D eigenvalue weighted by Gasteiger charge is 2.37. The maximum Gasteiger partial charge on any atom is 0.376 e. The fraction of sp³-hybridized carbons (Fsp3) is 1.00. The first-order valence-electron chi connectivity index (χ1n) is 3.78. The first-order valence-corrected chi connectivity index (χ1v) is 3.78. The number of nitrogens with one attached hydrogen (secondary N) is 1. The van der Waals surface area contributed by atoms with Gasteiger partial charge >= 0.3 is 7.05 Å². The van der Waals surface area contributed by atoms with Crippen LogP contribution in [0.2, 0.25) is 6.82 Å². The monoisotopic (exact) mass is 125 g/mol. The normalized spacial score (nSPS) is 41.7. The largest absolute Gasteiger partial charge is 0.417 e. The van der Waals surface area contributed by atoms with Crippen LogP contribution < -0.4 is 5.23 Å². The van der Waals surface area contributed by atoms with Crippen molar-refractivity contribution in [3.8, 4) is 0 Å². The third-order valence-corrected chi connectivity index (χ3v) is 2.28. The van der Waals surface area contributed by atoms with Crippen LogP contribution in [0.4, 0.5) is 0 Å². The minimum Gasteiger partial charge on any atom is -0.417 e. The number of hydrogen-bond donors (Lipinski definition) is 1. The highest BCUT2D eigenvalue weighted by molar-refractivity contribution is 6.48. The molecule has 0 bridgehead atoms. The quantitative estimate of drug-likeness (QED) is 0.479. The molecule has 1 heterocycles. The fourth-order valence-corrected chi connectivity index (χ4v) is 1.88. The van der Waals surface area contributed by atoms with E-state index >= 15 is 0 Å². The van der Waals surface area contributed by atoms with Crippen molar-refractivity contribution in [2.45, 2.75) is 38.2 Å². The van der Waals surface area contributed by atoms with Gasteiger partial charge in [0.1, 0.15) is 0 Å². The zero-order valence-corrected chi connectivity index (χ0v) is 5.76. The molecule has 0 spiro atoms. The first-order chi connectivity index (χ1) is 4.36. The topological polar surface area (TPSA) is 21.3 Å². The van der Waals surface area contributed by atoms with Gasteiger partial charge < -0.3 is 9.88 Å². The van der Waals surface area contributed by atoms with Gasteiger partial charge in [-0.05, 0) is 26.1 Å². The van der Waals surface area contributed by atoms with E-state index in [-0.39, 0.29) is 0 Å². The summed E-state index contributed by atoms with van der Waals surface area (Å²) < 4.78 is 5.57. The molecule has 1 N–H and O–H groups in total. The van der Waals surface area contributed by atoms with E-state index < -0.39 is 0 Å². The van der Waals surface area contributed by atoms with Gasteiger partial charge in [0.05, 0.1) is 6.10 Å². The lowest BCUT2D eigenvalue weighted by molar-refractivity contribution is 0.231. The highest BCUT2D eigenvalue weighted by Crippen LogP contribution is 2.26. The number of rotatable bonds is 0. The Balaban J connectivity index is 2.02. The molecule has 2 nitrogen and oxygen atoms in total. The van der Waals surface area contributed by atoms with E-state index in [0.29, 0.717) is 19.2 Å². The molecule has 2 rings (SSSR count). The van der Waals surface area contributed by atoms with E-state index in [4.69, 9.17) is 4.65 Å². The van der Waals surface area contributed by atoms with Gasteiger partial charge in [-0.25, -0.2) is 0 Å². The van der Waals surface area contributed by atoms with Gasteiger partial charge in [0.2, 0.25) is 0 Å². The third-order valence-electron chi connectivity index (χ3n) is 2.28. The second-order valence-electron chi connectivity index (χ2n) is 3.02. The lowest BCUT2D eigenvalue weighted by Gasteiger charge is -2.05. The fourth-order valence-electron chi connectivity index (χ4n) is 1.88. The van der Waals surface area contributed by atoms with Crippen LogP contribution in [0.5, 0.6) is 0 Å². The maximum absolute atomic E-state index is 5.57. The maximum atomic E-state index is 5.57. The van der Waals surface area contributed by atoms with Crippen LogP contribution in [0.3, 0.4) is 0 Å². The van der Waals surface area contributed by atoms with Gasteiger partial charge in [0.25, 0.3) is 0 Å². The summed E-state index contributed by atoms with van der Waals surface area (Å²) in [5.41, 5.74) is 0. The van der Waals surface area contributed by atoms with Crippen LogP contribution in [-0.4, -0.2) is 19.2 Å². The summed E-state index contributed by atoms with van der Waals surface area (Å²) in [6.45, 7) is 2.08. The van der Waals surface area contributed by atoms with Crippen LogP contribution in [0.1, 0.15) is 19.3 Å². The van der Waals surface area contributed by atoms with Gasteiger partial charge in [-0.1, -0.05) is 0 Å². The molecular formula is C6H12BNO. The molecule has 0 aromatic rings. The van der Waals surface area contributed by atoms with E-state index in [1.54, 1.807) is 0 Å². The van der Waals surface area contributed by atoms with Gasteiger partial charge in [0.15, 0.2) is 0 Å². The second-order valence-corrected chi connectivity index (χ2v) is 3.02. The Kier molecular flexibility index (Phi) is 1.27. The van der Waals surface area contributed by atoms with Crippen molar-refractivity contribution in [2.24, 2.45) is 0 Å². The molecule has 2 aliphatic rings. The summed E-state index contributed by atoms with van der Waals surface area (Å²) >= 11 is 0. The average molecular weight is 125 g/mol. The van der Waals surface area contributed by atoms with E-state index in [2.05, 4.69) is 12.1 Å². The van der Waals surface area contributed by atoms with Crippen molar-refractivity contribution in [1.82, 2.24) is 5.23 Å². The van der Waals surface area contributed by atoms with Gasteiger partial charge in [0, 0.05) is 6.04 Å². The molecule has 0 radical (unpaired) electrons. The van der Waals surface area contributed by atoms with E-state index in [0.717, 1.165) is 0 Å². The number of hydrogen-bond acceptors (Lipinski definition) is 2. The van der Waals surface area contributed by atoms with E-state index in [1.807, 2.05) is 0 Å². The lowest BCUT2D eigenvalue weighted by atomic mass is 9.89. The Bertz CT molecular complexity index is 108. The van der Waals surface area contributed by atoms with Crippen LogP contribution in [-0.2, 0) is 4.65 Å². The molecule has 2 atom stereocenters. The standard InChI is InChI=1S/C6H12BNO/c1-7-8-5-3-2-4-6(5)9-7/h5-6,8H,2-4H2,1H3/t5-,6+/m1/s1. The van der Waals surface area contributed by atoms with Crippen molar-refractivity contribution in [3.05, 3.63) is 0 Å². The molecule has 9 heavy (non-hydrogen) atoms. The minimum absolute atomic E-state index is 0.306. The Morgan fingerprint density at radius 1 is 1.56 bits per heavy atom. The van der Waals surface area contributed by atoms with Crippen LogP contribution in [0.25, 0.3) is 0 Å². The molecule has 0 aromatic carbocycles. The van der Waals surface area contributed by atoms with Crippen molar-refractivity contribution in [3.63, 3.8) is 0 Å². The Labute approximate surface area is 56.1 Å². The SMILES string of the molecule is CB1N[C@@H]2CCC[C@@H]2O1. The molecule has 1 aliphatic carbocycles. The molecule has 50 valence electrons. The second kappa shape index (κ2) is 1.99. The van der Waals surface area contributed by atoms with Gasteiger partial charge in [-0.15, -0.1) is 0 Å². The predicted octanol–water partition coefficient (Wildman–Crippen LogP) is 0.645. The summed E-state index contributed by atoms with van der Waals surface area (Å²) in [7, 11) is 0.306. The average Bonchev–Trinajstić information content (AvgIpc) is 2.22. The van der Waals surface area contributed by atoms with E-state index in [9.17, 15) is 0 Å². The molecule has 0 aromatic heterocycles. The van der Waals surface area contributed by atoms with Gasteiger partial charge in [-0.2, -0.15) is 0 Å². The Hall–Kier alpha value is -0.0151. The molecule has 2 fully saturated rings. The molecule has 0 unspecified atom stereocenters. The van der Waals surface area contributed by atoms with Crippen LogP contribution >= 0.6 is 0 Å². The molecule has 1 saturated carbocycles. The Morgan fingerprint density at radius 3 is 3.22 bits per heavy atom. The first kappa shape index (κ1) is 5.75. The molecular weight excluding hydrogens is 113 g/mol. The third kappa shape index (κ3) is 0.884. The molecule has 1 saturated heterocycles. The van der Waals surface area contributed by atoms with Crippen molar-refractivity contribution >= 4 is 7.05 Å². The summed E-state index contributed by atoms with van der Waals surface area (Å²) in [5, 5.41) is 3.39. The summed E-state index contributed by atoms with van der Waals surface area (Å²) in [5.74, 6) is 0. The van der Waals surface area contributed by atoms with Crippen molar-refractivity contribution in [1.29, 1.82) is 0 Å². The molecule has 3 heteroatoms. The van der Waals surface area contributed by atoms with Crippen LogP contribution in [0.15, 0.2) is 0 Å². The van der Waals surface area contributed by atoms with Gasteiger partial charge in [-0.3, -0.25) is 0 Å². The zero-order chi connectivity index (χ0) is 6.27. The number of fused-ring (bicyclic) bond motifs is 1. The van der Waals surface area contributed by atoms with Crippen molar-refractivity contribution < 1.29 is 4.65 Å². The van der Waals surface area contributed by atoms with Crippen molar-refractivity contribution in [2.75, 3.05) is 0 Å². The molecule has 0 amide bonds. The van der Waals surface area contributed by atoms with Crippen LogP contribution in [0, 0.1) is 0 Å². The zero-order valence-electron chi connectivity index (χ0n) is 5.76. The van der Waals surface area contributed by atoms with E-state index in [1.165, 1.54) is 19.3 Å². The summed E-state index contributed by atoms with van der Waals surface area (Å²) in [4.78, 5) is 0. The smallest absolute Gasteiger partial charge is 0.376 e. The summed E-state index contributed by atoms with van der Waals surface area (Å²) in [6.07, 6.45) is 4.46. The highest BCUT2D eigenvalue weighted by atomic mass is 16.5.